The lowest BCUT2D eigenvalue weighted by atomic mass is 11.1. The molecule has 0 atom stereocenters. The molecule has 0 saturated heterocycles. The summed E-state index contributed by atoms with van der Waals surface area (Å²) in [5.74, 6) is 0. The summed E-state index contributed by atoms with van der Waals surface area (Å²) >= 11 is 0. The Morgan fingerprint density at radius 3 is 1.33 bits per heavy atom. The molecule has 0 N–H and O–H groups in total. The first-order valence-electron chi connectivity index (χ1n) is 4.04. The molecule has 0 fully saturated rings. The summed E-state index contributed by atoms with van der Waals surface area (Å²) in [5.41, 5.74) is -0.690. The lowest BCUT2D eigenvalue weighted by Crippen LogP contribution is -2.52. The normalized spacial score (nSPS) is 14.5. The zero-order valence-corrected chi connectivity index (χ0v) is 11.3. The van der Waals surface area contributed by atoms with Crippen molar-refractivity contribution in [2.75, 3.05) is 21.3 Å². The first kappa shape index (κ1) is 12.3. The Balaban J connectivity index is 4.30. The van der Waals surface area contributed by atoms with Crippen molar-refractivity contribution in [3.8, 4) is 0 Å². The standard InChI is InChI=1S/C7H20O3Si2/c1-8-7(9-2,10-3)11-12(4,5)6/h11H2,1-6H3. The van der Waals surface area contributed by atoms with Gasteiger partial charge in [-0.2, -0.15) is 0 Å². The predicted octanol–water partition coefficient (Wildman–Crippen LogP) is 0.541. The highest BCUT2D eigenvalue weighted by Gasteiger charge is 2.36. The highest BCUT2D eigenvalue weighted by atomic mass is 29.2. The molecule has 0 amide bonds. The van der Waals surface area contributed by atoms with E-state index in [0.717, 1.165) is 0 Å². The SMILES string of the molecule is COC(OC)(OC)[SiH2][Si](C)(C)C. The second-order valence-electron chi connectivity index (χ2n) is 4.03. The van der Waals surface area contributed by atoms with Gasteiger partial charge in [0, 0.05) is 28.9 Å². The van der Waals surface area contributed by atoms with Crippen LogP contribution in [0.2, 0.25) is 19.6 Å². The van der Waals surface area contributed by atoms with Crippen LogP contribution in [0.5, 0.6) is 0 Å². The topological polar surface area (TPSA) is 27.7 Å². The van der Waals surface area contributed by atoms with Crippen molar-refractivity contribution in [3.63, 3.8) is 0 Å². The van der Waals surface area contributed by atoms with E-state index in [0.29, 0.717) is 0 Å². The predicted molar refractivity (Wildman–Crippen MR) is 55.6 cm³/mol. The second-order valence-corrected chi connectivity index (χ2v) is 17.8. The minimum absolute atomic E-state index is 0.471. The summed E-state index contributed by atoms with van der Waals surface area (Å²) in [6.07, 6.45) is 0. The van der Waals surface area contributed by atoms with Gasteiger partial charge in [0.1, 0.15) is 9.04 Å². The van der Waals surface area contributed by atoms with Gasteiger partial charge in [0.2, 0.25) is 5.60 Å². The second kappa shape index (κ2) is 4.52. The van der Waals surface area contributed by atoms with Gasteiger partial charge in [0.25, 0.3) is 0 Å². The Hall–Kier alpha value is 0.314. The number of hydrogen-bond donors (Lipinski definition) is 0. The van der Waals surface area contributed by atoms with Gasteiger partial charge in [0.05, 0.1) is 0 Å². The van der Waals surface area contributed by atoms with E-state index >= 15 is 0 Å². The van der Waals surface area contributed by atoms with Crippen molar-refractivity contribution in [2.24, 2.45) is 0 Å². The molecule has 0 radical (unpaired) electrons. The largest absolute Gasteiger partial charge is 0.336 e. The Morgan fingerprint density at radius 2 is 1.25 bits per heavy atom. The maximum atomic E-state index is 5.26. The van der Waals surface area contributed by atoms with Gasteiger partial charge in [-0.25, -0.2) is 0 Å². The molecule has 5 heteroatoms. The molecule has 0 aliphatic heterocycles. The fourth-order valence-corrected chi connectivity index (χ4v) is 8.04. The molecule has 0 bridgehead atoms. The van der Waals surface area contributed by atoms with Crippen LogP contribution in [0.25, 0.3) is 0 Å². The molecule has 0 aromatic rings. The molecular formula is C7H20O3Si2. The van der Waals surface area contributed by atoms with E-state index in [1.54, 1.807) is 21.3 Å². The third-order valence-corrected chi connectivity index (χ3v) is 8.52. The highest BCUT2D eigenvalue weighted by Crippen LogP contribution is 2.15. The van der Waals surface area contributed by atoms with E-state index in [1.165, 1.54) is 0 Å². The first-order valence-corrected chi connectivity index (χ1v) is 10.6. The minimum atomic E-state index is -1.09. The maximum absolute atomic E-state index is 5.26. The zero-order valence-electron chi connectivity index (χ0n) is 8.93. The van der Waals surface area contributed by atoms with E-state index < -0.39 is 22.2 Å². The number of ether oxygens (including phenoxy) is 3. The molecule has 0 aliphatic rings. The maximum Gasteiger partial charge on any atom is 0.245 e. The molecule has 0 unspecified atom stereocenters. The summed E-state index contributed by atoms with van der Waals surface area (Å²) < 4.78 is 15.8. The van der Waals surface area contributed by atoms with Crippen molar-refractivity contribution in [1.29, 1.82) is 0 Å². The number of rotatable bonds is 5. The lowest BCUT2D eigenvalue weighted by molar-refractivity contribution is -0.293. The Morgan fingerprint density at radius 1 is 0.917 bits per heavy atom. The molecule has 0 saturated carbocycles. The van der Waals surface area contributed by atoms with Gasteiger partial charge in [-0.15, -0.1) is 0 Å². The average Bonchev–Trinajstić information content (AvgIpc) is 1.99. The van der Waals surface area contributed by atoms with Gasteiger partial charge < -0.3 is 14.2 Å². The van der Waals surface area contributed by atoms with Gasteiger partial charge in [-0.3, -0.25) is 0 Å². The van der Waals surface area contributed by atoms with Crippen LogP contribution in [0.1, 0.15) is 0 Å². The average molecular weight is 208 g/mol. The monoisotopic (exact) mass is 208 g/mol. The summed E-state index contributed by atoms with van der Waals surface area (Å²) in [6.45, 7) is 6.93. The van der Waals surface area contributed by atoms with Crippen molar-refractivity contribution < 1.29 is 14.2 Å². The van der Waals surface area contributed by atoms with Crippen molar-refractivity contribution in [2.45, 2.75) is 25.2 Å². The molecule has 0 aromatic heterocycles. The third kappa shape index (κ3) is 3.82. The van der Waals surface area contributed by atoms with E-state index in [2.05, 4.69) is 19.6 Å². The van der Waals surface area contributed by atoms with Gasteiger partial charge in [0.15, 0.2) is 0 Å². The molecule has 12 heavy (non-hydrogen) atoms. The molecule has 0 spiro atoms. The summed E-state index contributed by atoms with van der Waals surface area (Å²) in [6, 6.07) is 0. The van der Waals surface area contributed by atoms with Crippen LogP contribution >= 0.6 is 0 Å². The van der Waals surface area contributed by atoms with E-state index in [9.17, 15) is 0 Å². The van der Waals surface area contributed by atoms with Crippen LogP contribution in [0.3, 0.4) is 0 Å². The lowest BCUT2D eigenvalue weighted by Gasteiger charge is -2.33. The Kier molecular flexibility index (Phi) is 4.64. The zero-order chi connectivity index (χ0) is 9.83. The summed E-state index contributed by atoms with van der Waals surface area (Å²) in [5, 5.41) is 0. The van der Waals surface area contributed by atoms with E-state index in [4.69, 9.17) is 14.2 Å². The molecule has 74 valence electrons. The number of methoxy groups -OCH3 is 3. The quantitative estimate of drug-likeness (QED) is 0.487. The van der Waals surface area contributed by atoms with Gasteiger partial charge in [-0.1, -0.05) is 19.6 Å². The van der Waals surface area contributed by atoms with Crippen LogP contribution in [-0.2, 0) is 14.2 Å². The molecule has 0 heterocycles. The Bertz CT molecular complexity index is 121. The van der Waals surface area contributed by atoms with E-state index in [1.807, 2.05) is 0 Å². The van der Waals surface area contributed by atoms with E-state index in [-0.39, 0.29) is 0 Å². The minimum Gasteiger partial charge on any atom is -0.336 e. The van der Waals surface area contributed by atoms with Crippen molar-refractivity contribution >= 4 is 16.6 Å². The summed E-state index contributed by atoms with van der Waals surface area (Å²) in [7, 11) is 3.35. The molecule has 0 rings (SSSR count). The van der Waals surface area contributed by atoms with Crippen molar-refractivity contribution in [1.82, 2.24) is 0 Å². The number of hydrogen-bond acceptors (Lipinski definition) is 3. The smallest absolute Gasteiger partial charge is 0.245 e. The van der Waals surface area contributed by atoms with Crippen LogP contribution in [0.4, 0.5) is 0 Å². The van der Waals surface area contributed by atoms with Crippen LogP contribution in [0, 0.1) is 0 Å². The van der Waals surface area contributed by atoms with Crippen LogP contribution in [0.15, 0.2) is 0 Å². The molecule has 3 nitrogen and oxygen atoms in total. The summed E-state index contributed by atoms with van der Waals surface area (Å²) in [4.78, 5) is 0. The Labute approximate surface area is 78.0 Å². The molecule has 0 aliphatic carbocycles. The highest BCUT2D eigenvalue weighted by molar-refractivity contribution is 7.23. The van der Waals surface area contributed by atoms with Gasteiger partial charge >= 0.3 is 0 Å². The first-order chi connectivity index (χ1) is 5.39. The van der Waals surface area contributed by atoms with Crippen LogP contribution < -0.4 is 0 Å². The third-order valence-electron chi connectivity index (χ3n) is 1.68. The van der Waals surface area contributed by atoms with Crippen molar-refractivity contribution in [3.05, 3.63) is 0 Å². The molecule has 0 aromatic carbocycles. The molecular weight excluding hydrogens is 188 g/mol. The fraction of sp³-hybridized carbons (Fsp3) is 1.00. The van der Waals surface area contributed by atoms with Crippen LogP contribution in [-0.4, -0.2) is 43.6 Å². The van der Waals surface area contributed by atoms with Gasteiger partial charge in [-0.05, 0) is 0 Å². The fourth-order valence-electron chi connectivity index (χ4n) is 1.12.